The molecular formula is C19H30N2O2. The molecule has 23 heavy (non-hydrogen) atoms. The maximum Gasteiger partial charge on any atom is 0.233 e. The highest BCUT2D eigenvalue weighted by Gasteiger charge is 2.17. The topological polar surface area (TPSA) is 49.4 Å². The predicted octanol–water partition coefficient (Wildman–Crippen LogP) is 3.96. The minimum atomic E-state index is -0.254. The van der Waals surface area contributed by atoms with E-state index < -0.39 is 0 Å². The molecule has 0 spiro atoms. The highest BCUT2D eigenvalue weighted by atomic mass is 16.2. The molecule has 128 valence electrons. The molecule has 0 radical (unpaired) electrons. The van der Waals surface area contributed by atoms with E-state index in [4.69, 9.17) is 0 Å². The van der Waals surface area contributed by atoms with Crippen LogP contribution in [0.5, 0.6) is 0 Å². The standard InChI is InChI=1S/C19H30N2O2/c1-6-12-21(13-7-2)18(23)14-17(22)20-16-10-8-15(9-11-16)19(3,4)5/h8-11H,6-7,12-14H2,1-5H3,(H,20,22). The van der Waals surface area contributed by atoms with Crippen LogP contribution in [0.4, 0.5) is 5.69 Å². The van der Waals surface area contributed by atoms with Crippen LogP contribution in [0.3, 0.4) is 0 Å². The minimum Gasteiger partial charge on any atom is -0.342 e. The molecule has 0 atom stereocenters. The van der Waals surface area contributed by atoms with Gasteiger partial charge in [-0.15, -0.1) is 0 Å². The molecule has 0 saturated heterocycles. The van der Waals surface area contributed by atoms with E-state index in [1.54, 1.807) is 4.90 Å². The first-order valence-electron chi connectivity index (χ1n) is 8.46. The van der Waals surface area contributed by atoms with E-state index in [1.165, 1.54) is 5.56 Å². The monoisotopic (exact) mass is 318 g/mol. The van der Waals surface area contributed by atoms with Gasteiger partial charge in [0.1, 0.15) is 6.42 Å². The Kier molecular flexibility index (Phi) is 7.27. The Hall–Kier alpha value is -1.84. The van der Waals surface area contributed by atoms with Crippen molar-refractivity contribution < 1.29 is 9.59 Å². The zero-order valence-electron chi connectivity index (χ0n) is 15.1. The SMILES string of the molecule is CCCN(CCC)C(=O)CC(=O)Nc1ccc(C(C)(C)C)cc1. The summed E-state index contributed by atoms with van der Waals surface area (Å²) in [6, 6.07) is 7.80. The van der Waals surface area contributed by atoms with Crippen molar-refractivity contribution in [1.82, 2.24) is 4.90 Å². The molecule has 0 bridgehead atoms. The van der Waals surface area contributed by atoms with Crippen molar-refractivity contribution in [2.75, 3.05) is 18.4 Å². The number of hydrogen-bond donors (Lipinski definition) is 1. The van der Waals surface area contributed by atoms with Crippen LogP contribution < -0.4 is 5.32 Å². The minimum absolute atomic E-state index is 0.0827. The fourth-order valence-electron chi connectivity index (χ4n) is 2.41. The normalized spacial score (nSPS) is 11.2. The van der Waals surface area contributed by atoms with Crippen molar-refractivity contribution in [3.8, 4) is 0 Å². The molecule has 1 aromatic rings. The first-order chi connectivity index (χ1) is 10.8. The molecule has 0 aromatic heterocycles. The zero-order chi connectivity index (χ0) is 17.5. The van der Waals surface area contributed by atoms with Crippen LogP contribution in [0.1, 0.15) is 59.4 Å². The molecule has 0 aliphatic rings. The Bertz CT molecular complexity index is 509. The number of nitrogens with one attached hydrogen (secondary N) is 1. The molecular weight excluding hydrogens is 288 g/mol. The summed E-state index contributed by atoms with van der Waals surface area (Å²) >= 11 is 0. The molecule has 0 aliphatic heterocycles. The second-order valence-electron chi connectivity index (χ2n) is 6.93. The van der Waals surface area contributed by atoms with Gasteiger partial charge in [0.2, 0.25) is 11.8 Å². The van der Waals surface area contributed by atoms with Crippen LogP contribution in [0.2, 0.25) is 0 Å². The zero-order valence-corrected chi connectivity index (χ0v) is 15.1. The van der Waals surface area contributed by atoms with Crippen LogP contribution in [-0.2, 0) is 15.0 Å². The van der Waals surface area contributed by atoms with E-state index in [2.05, 4.69) is 26.1 Å². The van der Waals surface area contributed by atoms with E-state index in [0.29, 0.717) is 13.1 Å². The van der Waals surface area contributed by atoms with Gasteiger partial charge >= 0.3 is 0 Å². The maximum absolute atomic E-state index is 12.2. The molecule has 1 aromatic carbocycles. The van der Waals surface area contributed by atoms with Crippen LogP contribution in [0.25, 0.3) is 0 Å². The lowest BCUT2D eigenvalue weighted by Crippen LogP contribution is -2.35. The van der Waals surface area contributed by atoms with Crippen molar-refractivity contribution in [3.63, 3.8) is 0 Å². The van der Waals surface area contributed by atoms with Crippen molar-refractivity contribution >= 4 is 17.5 Å². The van der Waals surface area contributed by atoms with E-state index in [1.807, 2.05) is 38.1 Å². The van der Waals surface area contributed by atoms with Crippen LogP contribution in [0.15, 0.2) is 24.3 Å². The molecule has 1 N–H and O–H groups in total. The number of hydrogen-bond acceptors (Lipinski definition) is 2. The number of benzene rings is 1. The van der Waals surface area contributed by atoms with E-state index in [9.17, 15) is 9.59 Å². The Morgan fingerprint density at radius 1 is 1.00 bits per heavy atom. The van der Waals surface area contributed by atoms with Crippen molar-refractivity contribution in [2.45, 2.75) is 59.3 Å². The summed E-state index contributed by atoms with van der Waals surface area (Å²) in [4.78, 5) is 26.0. The number of rotatable bonds is 7. The molecule has 0 fully saturated rings. The first-order valence-corrected chi connectivity index (χ1v) is 8.46. The summed E-state index contributed by atoms with van der Waals surface area (Å²) in [7, 11) is 0. The Morgan fingerprint density at radius 2 is 1.52 bits per heavy atom. The van der Waals surface area contributed by atoms with Crippen molar-refractivity contribution in [1.29, 1.82) is 0 Å². The van der Waals surface area contributed by atoms with E-state index in [0.717, 1.165) is 18.5 Å². The van der Waals surface area contributed by atoms with Crippen molar-refractivity contribution in [3.05, 3.63) is 29.8 Å². The van der Waals surface area contributed by atoms with Gasteiger partial charge in [0.15, 0.2) is 0 Å². The van der Waals surface area contributed by atoms with Gasteiger partial charge in [-0.3, -0.25) is 9.59 Å². The average Bonchev–Trinajstić information content (AvgIpc) is 2.46. The Labute approximate surface area is 140 Å². The molecule has 0 unspecified atom stereocenters. The van der Waals surface area contributed by atoms with Crippen LogP contribution >= 0.6 is 0 Å². The summed E-state index contributed by atoms with van der Waals surface area (Å²) in [5, 5.41) is 2.80. The third-order valence-corrected chi connectivity index (χ3v) is 3.69. The van der Waals surface area contributed by atoms with Gasteiger partial charge in [-0.2, -0.15) is 0 Å². The summed E-state index contributed by atoms with van der Waals surface area (Å²) in [6.45, 7) is 11.9. The second-order valence-corrected chi connectivity index (χ2v) is 6.93. The van der Waals surface area contributed by atoms with Crippen molar-refractivity contribution in [2.24, 2.45) is 0 Å². The molecule has 0 saturated carbocycles. The van der Waals surface area contributed by atoms with Gasteiger partial charge in [0.25, 0.3) is 0 Å². The number of carbonyl (C=O) groups is 2. The van der Waals surface area contributed by atoms with Crippen LogP contribution in [-0.4, -0.2) is 29.8 Å². The highest BCUT2D eigenvalue weighted by Crippen LogP contribution is 2.23. The van der Waals surface area contributed by atoms with Gasteiger partial charge in [0, 0.05) is 18.8 Å². The Balaban J connectivity index is 2.60. The lowest BCUT2D eigenvalue weighted by atomic mass is 9.87. The van der Waals surface area contributed by atoms with Crippen LogP contribution in [0, 0.1) is 0 Å². The second kappa shape index (κ2) is 8.70. The molecule has 0 heterocycles. The van der Waals surface area contributed by atoms with Gasteiger partial charge in [-0.05, 0) is 36.0 Å². The largest absolute Gasteiger partial charge is 0.342 e. The summed E-state index contributed by atoms with van der Waals surface area (Å²) < 4.78 is 0. The third-order valence-electron chi connectivity index (χ3n) is 3.69. The first kappa shape index (κ1) is 19.2. The third kappa shape index (κ3) is 6.43. The number of nitrogens with zero attached hydrogens (tertiary/aromatic N) is 1. The maximum atomic E-state index is 12.2. The lowest BCUT2D eigenvalue weighted by Gasteiger charge is -2.21. The number of amides is 2. The summed E-state index contributed by atoms with van der Waals surface area (Å²) in [6.07, 6.45) is 1.71. The fraction of sp³-hybridized carbons (Fsp3) is 0.579. The number of anilines is 1. The summed E-state index contributed by atoms with van der Waals surface area (Å²) in [5.41, 5.74) is 2.02. The van der Waals surface area contributed by atoms with E-state index >= 15 is 0 Å². The molecule has 4 heteroatoms. The molecule has 0 aliphatic carbocycles. The fourth-order valence-corrected chi connectivity index (χ4v) is 2.41. The quantitative estimate of drug-likeness (QED) is 0.774. The predicted molar refractivity (Wildman–Crippen MR) is 95.6 cm³/mol. The van der Waals surface area contributed by atoms with Gasteiger partial charge in [0.05, 0.1) is 0 Å². The molecule has 1 rings (SSSR count). The van der Waals surface area contributed by atoms with Gasteiger partial charge in [-0.25, -0.2) is 0 Å². The van der Waals surface area contributed by atoms with Gasteiger partial charge in [-0.1, -0.05) is 46.8 Å². The lowest BCUT2D eigenvalue weighted by molar-refractivity contribution is -0.134. The molecule has 4 nitrogen and oxygen atoms in total. The van der Waals surface area contributed by atoms with E-state index in [-0.39, 0.29) is 23.7 Å². The average molecular weight is 318 g/mol. The van der Waals surface area contributed by atoms with Gasteiger partial charge < -0.3 is 10.2 Å². The summed E-state index contributed by atoms with van der Waals surface area (Å²) in [5.74, 6) is -0.353. The smallest absolute Gasteiger partial charge is 0.233 e. The molecule has 2 amide bonds. The number of carbonyl (C=O) groups excluding carboxylic acids is 2. The highest BCUT2D eigenvalue weighted by molar-refractivity contribution is 6.03. The Morgan fingerprint density at radius 3 is 1.96 bits per heavy atom.